The van der Waals surface area contributed by atoms with Gasteiger partial charge in [0, 0.05) is 5.41 Å². The first-order chi connectivity index (χ1) is 6.45. The molecule has 1 fully saturated rings. The lowest BCUT2D eigenvalue weighted by atomic mass is 9.72. The second-order valence-corrected chi connectivity index (χ2v) is 5.03. The van der Waals surface area contributed by atoms with E-state index < -0.39 is 5.97 Å². The molecule has 0 aromatic carbocycles. The van der Waals surface area contributed by atoms with Crippen LogP contribution in [0.1, 0.15) is 33.6 Å². The van der Waals surface area contributed by atoms with Crippen LogP contribution in [0.4, 0.5) is 0 Å². The molecule has 1 aliphatic heterocycles. The van der Waals surface area contributed by atoms with Gasteiger partial charge in [-0.1, -0.05) is 20.8 Å². The highest BCUT2D eigenvalue weighted by atomic mass is 16.5. The van der Waals surface area contributed by atoms with E-state index in [1.54, 1.807) is 6.92 Å². The fourth-order valence-electron chi connectivity index (χ4n) is 2.31. The fraction of sp³-hybridized carbons (Fsp3) is 0.909. The minimum atomic E-state index is -0.694. The van der Waals surface area contributed by atoms with E-state index in [-0.39, 0.29) is 11.3 Å². The lowest BCUT2D eigenvalue weighted by Gasteiger charge is -2.43. The van der Waals surface area contributed by atoms with Crippen LogP contribution in [0.15, 0.2) is 0 Å². The van der Waals surface area contributed by atoms with Gasteiger partial charge >= 0.3 is 5.97 Å². The number of hydrogen-bond acceptors (Lipinski definition) is 2. The van der Waals surface area contributed by atoms with Crippen molar-refractivity contribution in [1.29, 1.82) is 0 Å². The minimum absolute atomic E-state index is 0.145. The van der Waals surface area contributed by atoms with E-state index in [1.807, 2.05) is 0 Å². The predicted octanol–water partition coefficient (Wildman–Crippen LogP) is 2.16. The van der Waals surface area contributed by atoms with E-state index in [0.29, 0.717) is 5.92 Å². The summed E-state index contributed by atoms with van der Waals surface area (Å²) >= 11 is 0. The first kappa shape index (κ1) is 11.5. The molecule has 3 heteroatoms. The molecule has 0 bridgehead atoms. The van der Waals surface area contributed by atoms with Crippen LogP contribution in [0.5, 0.6) is 0 Å². The van der Waals surface area contributed by atoms with Crippen molar-refractivity contribution in [2.24, 2.45) is 17.3 Å². The molecule has 82 valence electrons. The maximum absolute atomic E-state index is 10.8. The Kier molecular flexibility index (Phi) is 3.53. The number of carboxylic acids is 1. The lowest BCUT2D eigenvalue weighted by Crippen LogP contribution is -2.45. The van der Waals surface area contributed by atoms with Gasteiger partial charge in [0.15, 0.2) is 0 Å². The van der Waals surface area contributed by atoms with Crippen molar-refractivity contribution in [2.45, 2.75) is 33.6 Å². The summed E-state index contributed by atoms with van der Waals surface area (Å²) in [4.78, 5) is 10.8. The molecule has 0 radical (unpaired) electrons. The maximum Gasteiger partial charge on any atom is 0.306 e. The average molecular weight is 200 g/mol. The zero-order valence-corrected chi connectivity index (χ0v) is 9.25. The SMILES string of the molecule is CC(C)CC1(CC(C)C(=O)O)COC1. The number of carbonyl (C=O) groups is 1. The zero-order valence-electron chi connectivity index (χ0n) is 9.25. The van der Waals surface area contributed by atoms with Crippen LogP contribution < -0.4 is 0 Å². The van der Waals surface area contributed by atoms with Gasteiger partial charge < -0.3 is 9.84 Å². The van der Waals surface area contributed by atoms with E-state index >= 15 is 0 Å². The third kappa shape index (κ3) is 2.71. The Balaban J connectivity index is 2.49. The topological polar surface area (TPSA) is 46.5 Å². The van der Waals surface area contributed by atoms with Gasteiger partial charge in [-0.3, -0.25) is 4.79 Å². The Morgan fingerprint density at radius 3 is 2.21 bits per heavy atom. The highest BCUT2D eigenvalue weighted by Crippen LogP contribution is 2.40. The molecule has 0 aliphatic carbocycles. The van der Waals surface area contributed by atoms with Crippen LogP contribution in [-0.4, -0.2) is 24.3 Å². The molecule has 1 rings (SSSR count). The molecule has 1 atom stereocenters. The molecule has 0 spiro atoms. The third-order valence-electron chi connectivity index (χ3n) is 2.82. The van der Waals surface area contributed by atoms with Crippen molar-refractivity contribution in [2.75, 3.05) is 13.2 Å². The summed E-state index contributed by atoms with van der Waals surface area (Å²) in [5.74, 6) is -0.336. The van der Waals surface area contributed by atoms with E-state index in [1.165, 1.54) is 0 Å². The van der Waals surface area contributed by atoms with Gasteiger partial charge in [0.05, 0.1) is 19.1 Å². The molecule has 14 heavy (non-hydrogen) atoms. The van der Waals surface area contributed by atoms with Gasteiger partial charge in [0.1, 0.15) is 0 Å². The number of aliphatic carboxylic acids is 1. The minimum Gasteiger partial charge on any atom is -0.481 e. The van der Waals surface area contributed by atoms with Crippen LogP contribution in [0, 0.1) is 17.3 Å². The molecular weight excluding hydrogens is 180 g/mol. The lowest BCUT2D eigenvalue weighted by molar-refractivity contribution is -0.154. The Labute approximate surface area is 85.5 Å². The normalized spacial score (nSPS) is 21.7. The zero-order chi connectivity index (χ0) is 10.8. The largest absolute Gasteiger partial charge is 0.481 e. The first-order valence-corrected chi connectivity index (χ1v) is 5.26. The van der Waals surface area contributed by atoms with E-state index in [0.717, 1.165) is 26.1 Å². The summed E-state index contributed by atoms with van der Waals surface area (Å²) < 4.78 is 5.23. The molecule has 0 saturated carbocycles. The smallest absolute Gasteiger partial charge is 0.306 e. The molecular formula is C11H20O3. The van der Waals surface area contributed by atoms with Gasteiger partial charge in [0.2, 0.25) is 0 Å². The van der Waals surface area contributed by atoms with E-state index in [9.17, 15) is 4.79 Å². The number of hydrogen-bond donors (Lipinski definition) is 1. The van der Waals surface area contributed by atoms with Crippen molar-refractivity contribution < 1.29 is 14.6 Å². The quantitative estimate of drug-likeness (QED) is 0.739. The van der Waals surface area contributed by atoms with Gasteiger partial charge in [-0.05, 0) is 18.8 Å². The second kappa shape index (κ2) is 4.30. The summed E-state index contributed by atoms with van der Waals surface area (Å²) in [6.07, 6.45) is 1.82. The molecule has 0 amide bonds. The molecule has 1 unspecified atom stereocenters. The van der Waals surface area contributed by atoms with Gasteiger partial charge in [-0.2, -0.15) is 0 Å². The van der Waals surface area contributed by atoms with Crippen LogP contribution in [0.25, 0.3) is 0 Å². The van der Waals surface area contributed by atoms with Gasteiger partial charge in [0.25, 0.3) is 0 Å². The van der Waals surface area contributed by atoms with Crippen LogP contribution in [-0.2, 0) is 9.53 Å². The molecule has 1 heterocycles. The second-order valence-electron chi connectivity index (χ2n) is 5.03. The Bertz CT molecular complexity index is 207. The van der Waals surface area contributed by atoms with Crippen molar-refractivity contribution in [3.8, 4) is 0 Å². The number of carboxylic acid groups (broad SMARTS) is 1. The third-order valence-corrected chi connectivity index (χ3v) is 2.82. The van der Waals surface area contributed by atoms with Crippen LogP contribution in [0.2, 0.25) is 0 Å². The average Bonchev–Trinajstić information content (AvgIpc) is 1.99. The highest BCUT2D eigenvalue weighted by molar-refractivity contribution is 5.69. The van der Waals surface area contributed by atoms with Crippen molar-refractivity contribution >= 4 is 5.97 Å². The molecule has 1 aliphatic rings. The summed E-state index contributed by atoms with van der Waals surface area (Å²) in [7, 11) is 0. The maximum atomic E-state index is 10.8. The summed E-state index contributed by atoms with van der Waals surface area (Å²) in [6.45, 7) is 7.60. The van der Waals surface area contributed by atoms with Crippen molar-refractivity contribution in [3.05, 3.63) is 0 Å². The van der Waals surface area contributed by atoms with Gasteiger partial charge in [-0.15, -0.1) is 0 Å². The molecule has 0 aromatic rings. The molecule has 0 aromatic heterocycles. The van der Waals surface area contributed by atoms with Crippen LogP contribution in [0.3, 0.4) is 0 Å². The van der Waals surface area contributed by atoms with E-state index in [4.69, 9.17) is 9.84 Å². The van der Waals surface area contributed by atoms with Crippen molar-refractivity contribution in [3.63, 3.8) is 0 Å². The number of ether oxygens (including phenoxy) is 1. The summed E-state index contributed by atoms with van der Waals surface area (Å²) in [6, 6.07) is 0. The Morgan fingerprint density at radius 2 is 1.93 bits per heavy atom. The summed E-state index contributed by atoms with van der Waals surface area (Å²) in [5.41, 5.74) is 0.145. The van der Waals surface area contributed by atoms with Crippen LogP contribution >= 0.6 is 0 Å². The molecule has 1 N–H and O–H groups in total. The Morgan fingerprint density at radius 1 is 1.36 bits per heavy atom. The molecule has 1 saturated heterocycles. The van der Waals surface area contributed by atoms with Gasteiger partial charge in [-0.25, -0.2) is 0 Å². The predicted molar refractivity (Wildman–Crippen MR) is 54.1 cm³/mol. The first-order valence-electron chi connectivity index (χ1n) is 5.26. The highest BCUT2D eigenvalue weighted by Gasteiger charge is 2.41. The number of rotatable bonds is 5. The van der Waals surface area contributed by atoms with Crippen molar-refractivity contribution in [1.82, 2.24) is 0 Å². The molecule has 3 nitrogen and oxygen atoms in total. The standard InChI is InChI=1S/C11H20O3/c1-8(2)4-11(6-14-7-11)5-9(3)10(12)13/h8-9H,4-7H2,1-3H3,(H,12,13). The van der Waals surface area contributed by atoms with E-state index in [2.05, 4.69) is 13.8 Å². The Hall–Kier alpha value is -0.570. The summed E-state index contributed by atoms with van der Waals surface area (Å²) in [5, 5.41) is 8.86. The monoisotopic (exact) mass is 200 g/mol. The fourth-order valence-corrected chi connectivity index (χ4v) is 2.31.